The van der Waals surface area contributed by atoms with Crippen LogP contribution in [0.1, 0.15) is 43.9 Å². The average Bonchev–Trinajstić information content (AvgIpc) is 2.70. The zero-order chi connectivity index (χ0) is 20.5. The van der Waals surface area contributed by atoms with E-state index in [0.29, 0.717) is 13.0 Å². The van der Waals surface area contributed by atoms with E-state index < -0.39 is 6.04 Å². The largest absolute Gasteiger partial charge is 0.352 e. The molecule has 0 bridgehead atoms. The number of nitrogens with zero attached hydrogens (tertiary/aromatic N) is 1. The molecule has 0 aliphatic rings. The highest BCUT2D eigenvalue weighted by molar-refractivity contribution is 5.88. The molecule has 0 saturated carbocycles. The van der Waals surface area contributed by atoms with Gasteiger partial charge in [0.15, 0.2) is 0 Å². The van der Waals surface area contributed by atoms with Gasteiger partial charge in [0.2, 0.25) is 11.8 Å². The van der Waals surface area contributed by atoms with Crippen LogP contribution in [0.3, 0.4) is 0 Å². The lowest BCUT2D eigenvalue weighted by atomic mass is 10.0. The molecule has 4 nitrogen and oxygen atoms in total. The van der Waals surface area contributed by atoms with E-state index in [9.17, 15) is 9.59 Å². The Morgan fingerprint density at radius 3 is 2.29 bits per heavy atom. The van der Waals surface area contributed by atoms with Crippen molar-refractivity contribution in [2.24, 2.45) is 0 Å². The van der Waals surface area contributed by atoms with E-state index in [4.69, 9.17) is 0 Å². The van der Waals surface area contributed by atoms with Gasteiger partial charge in [-0.25, -0.2) is 0 Å². The maximum absolute atomic E-state index is 13.1. The molecule has 0 fully saturated rings. The van der Waals surface area contributed by atoms with E-state index >= 15 is 0 Å². The van der Waals surface area contributed by atoms with Crippen LogP contribution in [0.5, 0.6) is 0 Å². The third-order valence-corrected chi connectivity index (χ3v) is 5.26. The number of hydrogen-bond donors (Lipinski definition) is 1. The Bertz CT molecular complexity index is 773. The molecule has 1 N–H and O–H groups in total. The van der Waals surface area contributed by atoms with Gasteiger partial charge in [-0.05, 0) is 50.3 Å². The summed E-state index contributed by atoms with van der Waals surface area (Å²) in [6.45, 7) is 8.36. The summed E-state index contributed by atoms with van der Waals surface area (Å²) >= 11 is 0. The van der Waals surface area contributed by atoms with Crippen molar-refractivity contribution in [3.63, 3.8) is 0 Å². The van der Waals surface area contributed by atoms with E-state index in [0.717, 1.165) is 29.5 Å². The van der Waals surface area contributed by atoms with Crippen molar-refractivity contribution in [2.75, 3.05) is 6.54 Å². The van der Waals surface area contributed by atoms with Gasteiger partial charge in [0, 0.05) is 12.6 Å². The Balaban J connectivity index is 2.15. The van der Waals surface area contributed by atoms with Crippen LogP contribution < -0.4 is 5.32 Å². The fraction of sp³-hybridized carbons (Fsp3) is 0.417. The van der Waals surface area contributed by atoms with Crippen molar-refractivity contribution < 1.29 is 9.59 Å². The van der Waals surface area contributed by atoms with Crippen molar-refractivity contribution in [2.45, 2.75) is 59.0 Å². The number of hydrogen-bond acceptors (Lipinski definition) is 2. The van der Waals surface area contributed by atoms with Crippen LogP contribution in [-0.2, 0) is 22.4 Å². The zero-order valence-electron chi connectivity index (χ0n) is 17.4. The Hall–Kier alpha value is -2.62. The standard InChI is InChI=1S/C24H32N2O2/c1-5-19(3)25-24(28)20(4)26(16-15-21-12-7-6-8-13-21)23(27)17-22-14-10-9-11-18(22)2/h6-14,19-20H,5,15-17H2,1-4H3,(H,25,28)/t19-,20-/m1/s1. The Labute approximate surface area is 169 Å². The van der Waals surface area contributed by atoms with Gasteiger partial charge in [0.1, 0.15) is 6.04 Å². The first kappa shape index (κ1) is 21.7. The fourth-order valence-electron chi connectivity index (χ4n) is 3.11. The maximum Gasteiger partial charge on any atom is 0.242 e. The molecule has 150 valence electrons. The number of amides is 2. The predicted octanol–water partition coefficient (Wildman–Crippen LogP) is 3.91. The van der Waals surface area contributed by atoms with Crippen LogP contribution in [0.2, 0.25) is 0 Å². The van der Waals surface area contributed by atoms with Crippen molar-refractivity contribution in [3.8, 4) is 0 Å². The topological polar surface area (TPSA) is 49.4 Å². The number of benzene rings is 2. The summed E-state index contributed by atoms with van der Waals surface area (Å²) in [5.41, 5.74) is 3.26. The SMILES string of the molecule is CC[C@@H](C)NC(=O)[C@@H](C)N(CCc1ccccc1)C(=O)Cc1ccccc1C. The third kappa shape index (κ3) is 6.22. The van der Waals surface area contributed by atoms with Crippen molar-refractivity contribution in [3.05, 3.63) is 71.3 Å². The third-order valence-electron chi connectivity index (χ3n) is 5.26. The van der Waals surface area contributed by atoms with Crippen molar-refractivity contribution >= 4 is 11.8 Å². The Kier molecular flexibility index (Phi) is 8.24. The molecule has 0 heterocycles. The molecule has 0 spiro atoms. The lowest BCUT2D eigenvalue weighted by Crippen LogP contribution is -2.50. The van der Waals surface area contributed by atoms with Crippen LogP contribution in [0.15, 0.2) is 54.6 Å². The summed E-state index contributed by atoms with van der Waals surface area (Å²) in [6.07, 6.45) is 1.89. The molecule has 0 aliphatic heterocycles. The summed E-state index contributed by atoms with van der Waals surface area (Å²) < 4.78 is 0. The van der Waals surface area contributed by atoms with E-state index in [1.165, 1.54) is 0 Å². The van der Waals surface area contributed by atoms with Crippen LogP contribution in [0.25, 0.3) is 0 Å². The second-order valence-corrected chi connectivity index (χ2v) is 7.42. The van der Waals surface area contributed by atoms with Gasteiger partial charge in [0.25, 0.3) is 0 Å². The molecule has 28 heavy (non-hydrogen) atoms. The second-order valence-electron chi connectivity index (χ2n) is 7.42. The molecule has 4 heteroatoms. The van der Waals surface area contributed by atoms with Crippen molar-refractivity contribution in [1.29, 1.82) is 0 Å². The molecule has 0 radical (unpaired) electrons. The van der Waals surface area contributed by atoms with Crippen LogP contribution in [0.4, 0.5) is 0 Å². The number of aryl methyl sites for hydroxylation is 1. The average molecular weight is 381 g/mol. The number of carbonyl (C=O) groups is 2. The summed E-state index contributed by atoms with van der Waals surface area (Å²) in [7, 11) is 0. The molecule has 2 amide bonds. The minimum atomic E-state index is -0.505. The lowest BCUT2D eigenvalue weighted by molar-refractivity contribution is -0.139. The van der Waals surface area contributed by atoms with Gasteiger partial charge in [-0.2, -0.15) is 0 Å². The van der Waals surface area contributed by atoms with Gasteiger partial charge in [-0.3, -0.25) is 9.59 Å². The molecule has 2 aromatic rings. The van der Waals surface area contributed by atoms with Gasteiger partial charge in [0.05, 0.1) is 6.42 Å². The quantitative estimate of drug-likeness (QED) is 0.717. The van der Waals surface area contributed by atoms with Gasteiger partial charge >= 0.3 is 0 Å². The highest BCUT2D eigenvalue weighted by atomic mass is 16.2. The fourth-order valence-corrected chi connectivity index (χ4v) is 3.11. The molecule has 2 rings (SSSR count). The zero-order valence-corrected chi connectivity index (χ0v) is 17.4. The minimum absolute atomic E-state index is 0.0166. The molecule has 2 aromatic carbocycles. The highest BCUT2D eigenvalue weighted by Crippen LogP contribution is 2.13. The number of nitrogens with one attached hydrogen (secondary N) is 1. The van der Waals surface area contributed by atoms with Gasteiger partial charge in [-0.15, -0.1) is 0 Å². The van der Waals surface area contributed by atoms with Gasteiger partial charge in [-0.1, -0.05) is 61.5 Å². The van der Waals surface area contributed by atoms with E-state index in [1.54, 1.807) is 4.90 Å². The summed E-state index contributed by atoms with van der Waals surface area (Å²) in [4.78, 5) is 27.5. The van der Waals surface area contributed by atoms with Crippen LogP contribution >= 0.6 is 0 Å². The van der Waals surface area contributed by atoms with Crippen LogP contribution in [-0.4, -0.2) is 35.3 Å². The molecular weight excluding hydrogens is 348 g/mol. The Morgan fingerprint density at radius 2 is 1.64 bits per heavy atom. The molecular formula is C24H32N2O2. The van der Waals surface area contributed by atoms with E-state index in [2.05, 4.69) is 5.32 Å². The first-order valence-corrected chi connectivity index (χ1v) is 10.1. The smallest absolute Gasteiger partial charge is 0.242 e. The summed E-state index contributed by atoms with van der Waals surface area (Å²) in [6, 6.07) is 17.6. The molecule has 0 unspecified atom stereocenters. The predicted molar refractivity (Wildman–Crippen MR) is 114 cm³/mol. The van der Waals surface area contributed by atoms with E-state index in [-0.39, 0.29) is 17.9 Å². The minimum Gasteiger partial charge on any atom is -0.352 e. The normalized spacial score (nSPS) is 12.9. The lowest BCUT2D eigenvalue weighted by Gasteiger charge is -2.30. The van der Waals surface area contributed by atoms with Gasteiger partial charge < -0.3 is 10.2 Å². The second kappa shape index (κ2) is 10.6. The molecule has 0 aromatic heterocycles. The summed E-state index contributed by atoms with van der Waals surface area (Å²) in [5.74, 6) is -0.113. The maximum atomic E-state index is 13.1. The number of carbonyl (C=O) groups excluding carboxylic acids is 2. The molecule has 2 atom stereocenters. The molecule has 0 saturated heterocycles. The number of rotatable bonds is 9. The Morgan fingerprint density at radius 1 is 1.00 bits per heavy atom. The van der Waals surface area contributed by atoms with E-state index in [1.807, 2.05) is 82.3 Å². The highest BCUT2D eigenvalue weighted by Gasteiger charge is 2.26. The monoisotopic (exact) mass is 380 g/mol. The van der Waals surface area contributed by atoms with Crippen molar-refractivity contribution in [1.82, 2.24) is 10.2 Å². The summed E-state index contributed by atoms with van der Waals surface area (Å²) in [5, 5.41) is 3.01. The van der Waals surface area contributed by atoms with Crippen LogP contribution in [0, 0.1) is 6.92 Å². The first-order chi connectivity index (χ1) is 13.4. The molecule has 0 aliphatic carbocycles. The first-order valence-electron chi connectivity index (χ1n) is 10.1.